The summed E-state index contributed by atoms with van der Waals surface area (Å²) >= 11 is 0. The molecule has 4 heteroatoms. The molecule has 1 aliphatic rings. The SMILES string of the molecule is COc1cc2cc3c(c(C=Cc4ccccc4)c2cc1OC)C(=O)OC3. The molecule has 3 aromatic carbocycles. The predicted octanol–water partition coefficient (Wildman–Crippen LogP) is 4.70. The molecule has 0 bridgehead atoms. The van der Waals surface area contributed by atoms with E-state index in [-0.39, 0.29) is 5.97 Å². The summed E-state index contributed by atoms with van der Waals surface area (Å²) in [6.07, 6.45) is 3.96. The van der Waals surface area contributed by atoms with Gasteiger partial charge in [-0.1, -0.05) is 42.5 Å². The molecule has 0 atom stereocenters. The van der Waals surface area contributed by atoms with E-state index in [0.29, 0.717) is 23.7 Å². The second-order valence-corrected chi connectivity index (χ2v) is 6.07. The highest BCUT2D eigenvalue weighted by atomic mass is 16.5. The van der Waals surface area contributed by atoms with Gasteiger partial charge in [0.25, 0.3) is 0 Å². The van der Waals surface area contributed by atoms with E-state index in [2.05, 4.69) is 0 Å². The van der Waals surface area contributed by atoms with Gasteiger partial charge in [-0.3, -0.25) is 0 Å². The van der Waals surface area contributed by atoms with Gasteiger partial charge in [0.1, 0.15) is 6.61 Å². The average Bonchev–Trinajstić information content (AvgIpc) is 3.05. The van der Waals surface area contributed by atoms with Crippen LogP contribution in [0.25, 0.3) is 22.9 Å². The van der Waals surface area contributed by atoms with Crippen LogP contribution in [0.5, 0.6) is 11.5 Å². The van der Waals surface area contributed by atoms with Crippen molar-refractivity contribution in [1.29, 1.82) is 0 Å². The Morgan fingerprint density at radius 1 is 0.962 bits per heavy atom. The Balaban J connectivity index is 1.97. The normalized spacial score (nSPS) is 13.1. The number of ether oxygens (including phenoxy) is 3. The molecule has 130 valence electrons. The minimum absolute atomic E-state index is 0.288. The van der Waals surface area contributed by atoms with Gasteiger partial charge in [-0.15, -0.1) is 0 Å². The molecule has 0 saturated carbocycles. The van der Waals surface area contributed by atoms with Crippen molar-refractivity contribution >= 4 is 28.9 Å². The predicted molar refractivity (Wildman–Crippen MR) is 102 cm³/mol. The van der Waals surface area contributed by atoms with Crippen molar-refractivity contribution in [3.8, 4) is 11.5 Å². The Morgan fingerprint density at radius 2 is 1.69 bits per heavy atom. The zero-order valence-electron chi connectivity index (χ0n) is 14.6. The third-order valence-corrected chi connectivity index (χ3v) is 4.57. The molecule has 0 N–H and O–H groups in total. The molecule has 0 radical (unpaired) electrons. The lowest BCUT2D eigenvalue weighted by Crippen LogP contribution is -1.99. The van der Waals surface area contributed by atoms with Gasteiger partial charge in [0.2, 0.25) is 0 Å². The summed E-state index contributed by atoms with van der Waals surface area (Å²) in [6, 6.07) is 15.8. The van der Waals surface area contributed by atoms with Crippen LogP contribution in [-0.4, -0.2) is 20.2 Å². The maximum Gasteiger partial charge on any atom is 0.339 e. The van der Waals surface area contributed by atoms with Crippen molar-refractivity contribution in [1.82, 2.24) is 0 Å². The highest BCUT2D eigenvalue weighted by molar-refractivity contribution is 6.07. The lowest BCUT2D eigenvalue weighted by atomic mass is 9.94. The molecule has 3 aromatic rings. The van der Waals surface area contributed by atoms with Crippen molar-refractivity contribution in [3.05, 3.63) is 70.8 Å². The molecule has 26 heavy (non-hydrogen) atoms. The van der Waals surface area contributed by atoms with Crippen LogP contribution in [-0.2, 0) is 11.3 Å². The fraction of sp³-hybridized carbons (Fsp3) is 0.136. The molecule has 1 heterocycles. The quantitative estimate of drug-likeness (QED) is 0.507. The highest BCUT2D eigenvalue weighted by Crippen LogP contribution is 2.38. The average molecular weight is 346 g/mol. The Labute approximate surface area is 151 Å². The van der Waals surface area contributed by atoms with Crippen molar-refractivity contribution in [2.45, 2.75) is 6.61 Å². The Morgan fingerprint density at radius 3 is 2.42 bits per heavy atom. The van der Waals surface area contributed by atoms with Gasteiger partial charge in [-0.05, 0) is 40.1 Å². The second-order valence-electron chi connectivity index (χ2n) is 6.07. The van der Waals surface area contributed by atoms with E-state index in [4.69, 9.17) is 14.2 Å². The van der Waals surface area contributed by atoms with Gasteiger partial charge in [-0.2, -0.15) is 0 Å². The summed E-state index contributed by atoms with van der Waals surface area (Å²) in [7, 11) is 3.21. The summed E-state index contributed by atoms with van der Waals surface area (Å²) in [5.74, 6) is 0.994. The lowest BCUT2D eigenvalue weighted by Gasteiger charge is -2.12. The Kier molecular flexibility index (Phi) is 4.09. The number of rotatable bonds is 4. The number of hydrogen-bond acceptors (Lipinski definition) is 4. The van der Waals surface area contributed by atoms with E-state index >= 15 is 0 Å². The molecule has 0 aliphatic carbocycles. The van der Waals surface area contributed by atoms with E-state index in [0.717, 1.165) is 27.5 Å². The summed E-state index contributed by atoms with van der Waals surface area (Å²) in [5, 5.41) is 1.90. The largest absolute Gasteiger partial charge is 0.493 e. The Bertz CT molecular complexity index is 1020. The highest BCUT2D eigenvalue weighted by Gasteiger charge is 2.26. The molecule has 0 amide bonds. The first kappa shape index (κ1) is 16.2. The second kappa shape index (κ2) is 6.56. The zero-order valence-corrected chi connectivity index (χ0v) is 14.6. The van der Waals surface area contributed by atoms with Crippen molar-refractivity contribution in [2.75, 3.05) is 14.2 Å². The van der Waals surface area contributed by atoms with E-state index in [1.165, 1.54) is 0 Å². The van der Waals surface area contributed by atoms with E-state index in [9.17, 15) is 4.79 Å². The van der Waals surface area contributed by atoms with Crippen LogP contribution in [0.15, 0.2) is 48.5 Å². The van der Waals surface area contributed by atoms with Crippen molar-refractivity contribution in [3.63, 3.8) is 0 Å². The lowest BCUT2D eigenvalue weighted by molar-refractivity contribution is 0.0535. The van der Waals surface area contributed by atoms with Gasteiger partial charge < -0.3 is 14.2 Å². The molecular weight excluding hydrogens is 328 g/mol. The number of fused-ring (bicyclic) bond motifs is 2. The molecule has 1 aliphatic heterocycles. The number of cyclic esters (lactones) is 1. The monoisotopic (exact) mass is 346 g/mol. The number of methoxy groups -OCH3 is 2. The topological polar surface area (TPSA) is 44.8 Å². The summed E-state index contributed by atoms with van der Waals surface area (Å²) < 4.78 is 16.1. The standard InChI is InChI=1S/C22H18O4/c1-24-19-11-15-10-16-13-26-22(23)21(16)17(18(15)12-20(19)25-2)9-8-14-6-4-3-5-7-14/h3-12H,13H2,1-2H3. The van der Waals surface area contributed by atoms with Crippen LogP contribution in [0.4, 0.5) is 0 Å². The molecule has 4 rings (SSSR count). The molecule has 0 fully saturated rings. The van der Waals surface area contributed by atoms with Gasteiger partial charge in [0, 0.05) is 5.56 Å². The molecule has 0 unspecified atom stereocenters. The molecule has 0 saturated heterocycles. The Hall–Kier alpha value is -3.27. The zero-order chi connectivity index (χ0) is 18.1. The third-order valence-electron chi connectivity index (χ3n) is 4.57. The van der Waals surface area contributed by atoms with E-state index in [1.807, 2.05) is 60.7 Å². The minimum atomic E-state index is -0.288. The van der Waals surface area contributed by atoms with Crippen LogP contribution in [0.3, 0.4) is 0 Å². The molecule has 0 aromatic heterocycles. The maximum absolute atomic E-state index is 12.3. The molecule has 0 spiro atoms. The first-order chi connectivity index (χ1) is 12.7. The first-order valence-electron chi connectivity index (χ1n) is 8.33. The fourth-order valence-electron chi connectivity index (χ4n) is 3.30. The summed E-state index contributed by atoms with van der Waals surface area (Å²) in [4.78, 5) is 12.3. The number of carbonyl (C=O) groups is 1. The number of benzene rings is 3. The van der Waals surface area contributed by atoms with Crippen LogP contribution in [0, 0.1) is 0 Å². The number of carbonyl (C=O) groups excluding carboxylic acids is 1. The first-order valence-corrected chi connectivity index (χ1v) is 8.33. The van der Waals surface area contributed by atoms with Crippen LogP contribution < -0.4 is 9.47 Å². The molecule has 4 nitrogen and oxygen atoms in total. The van der Waals surface area contributed by atoms with E-state index < -0.39 is 0 Å². The summed E-state index contributed by atoms with van der Waals surface area (Å²) in [5.41, 5.74) is 3.41. The van der Waals surface area contributed by atoms with Gasteiger partial charge >= 0.3 is 5.97 Å². The van der Waals surface area contributed by atoms with Crippen molar-refractivity contribution in [2.24, 2.45) is 0 Å². The van der Waals surface area contributed by atoms with Crippen molar-refractivity contribution < 1.29 is 19.0 Å². The number of esters is 1. The smallest absolute Gasteiger partial charge is 0.339 e. The fourth-order valence-corrected chi connectivity index (χ4v) is 3.30. The number of hydrogen-bond donors (Lipinski definition) is 0. The van der Waals surface area contributed by atoms with Crippen LogP contribution >= 0.6 is 0 Å². The molecular formula is C22H18O4. The maximum atomic E-state index is 12.3. The van der Waals surface area contributed by atoms with Gasteiger partial charge in [0.15, 0.2) is 11.5 Å². The van der Waals surface area contributed by atoms with E-state index in [1.54, 1.807) is 14.2 Å². The van der Waals surface area contributed by atoms with Gasteiger partial charge in [-0.25, -0.2) is 4.79 Å². The van der Waals surface area contributed by atoms with Gasteiger partial charge in [0.05, 0.1) is 19.8 Å². The summed E-state index contributed by atoms with van der Waals surface area (Å²) in [6.45, 7) is 0.296. The van der Waals surface area contributed by atoms with Crippen LogP contribution in [0.1, 0.15) is 27.0 Å². The minimum Gasteiger partial charge on any atom is -0.493 e. The third kappa shape index (κ3) is 2.69. The van der Waals surface area contributed by atoms with Crippen LogP contribution in [0.2, 0.25) is 0 Å².